The molecule has 0 aromatic rings. The molecular weight excluding hydrogens is 312 g/mol. The molecule has 22 heavy (non-hydrogen) atoms. The van der Waals surface area contributed by atoms with Gasteiger partial charge in [0, 0.05) is 0 Å². The highest BCUT2D eigenvalue weighted by Crippen LogP contribution is 2.39. The van der Waals surface area contributed by atoms with Gasteiger partial charge in [0.15, 0.2) is 6.10 Å². The molecule has 126 valence electrons. The first-order chi connectivity index (χ1) is 10.3. The van der Waals surface area contributed by atoms with Crippen LogP contribution in [0.2, 0.25) is 0 Å². The lowest BCUT2D eigenvalue weighted by atomic mass is 9.88. The predicted molar refractivity (Wildman–Crippen MR) is 61.9 cm³/mol. The summed E-state index contributed by atoms with van der Waals surface area (Å²) in [5.41, 5.74) is 0. The van der Waals surface area contributed by atoms with Crippen LogP contribution in [0.25, 0.3) is 0 Å². The van der Waals surface area contributed by atoms with Crippen molar-refractivity contribution >= 4 is 12.1 Å². The molecule has 5 unspecified atom stereocenters. The van der Waals surface area contributed by atoms with Gasteiger partial charge in [-0.1, -0.05) is 0 Å². The number of nitrogens with one attached hydrogen (secondary N) is 1. The zero-order valence-electron chi connectivity index (χ0n) is 11.3. The third-order valence-corrected chi connectivity index (χ3v) is 3.57. The molecule has 0 saturated carbocycles. The number of aliphatic hydroxyl groups excluding tert-OH is 3. The average Bonchev–Trinajstić information content (AvgIpc) is 2.90. The first-order valence-electron chi connectivity index (χ1n) is 6.29. The quantitative estimate of drug-likeness (QED) is 0.426. The van der Waals surface area contributed by atoms with Crippen LogP contribution in [0.5, 0.6) is 0 Å². The van der Waals surface area contributed by atoms with Crippen molar-refractivity contribution in [2.45, 2.75) is 42.5 Å². The zero-order valence-corrected chi connectivity index (χ0v) is 11.3. The highest BCUT2D eigenvalue weighted by Gasteiger charge is 2.66. The van der Waals surface area contributed by atoms with Crippen molar-refractivity contribution in [1.29, 1.82) is 0 Å². The van der Waals surface area contributed by atoms with Crippen LogP contribution in [0.3, 0.4) is 0 Å². The minimum absolute atomic E-state index is 0.790. The maximum atomic E-state index is 14.6. The van der Waals surface area contributed by atoms with Crippen LogP contribution in [0.4, 0.5) is 13.6 Å². The van der Waals surface area contributed by atoms with E-state index in [4.69, 9.17) is 5.11 Å². The normalized spacial score (nSPS) is 40.2. The molecule has 0 aromatic heterocycles. The molecule has 2 rings (SSSR count). The molecule has 0 aromatic carbocycles. The summed E-state index contributed by atoms with van der Waals surface area (Å²) in [6, 6.07) is -1.37. The van der Waals surface area contributed by atoms with Crippen molar-refractivity contribution in [1.82, 2.24) is 5.32 Å². The van der Waals surface area contributed by atoms with E-state index < -0.39 is 61.2 Å². The van der Waals surface area contributed by atoms with Gasteiger partial charge in [-0.3, -0.25) is 0 Å². The van der Waals surface area contributed by atoms with E-state index in [-0.39, 0.29) is 0 Å². The van der Waals surface area contributed by atoms with Gasteiger partial charge in [-0.15, -0.1) is 0 Å². The topological polar surface area (TPSA) is 135 Å². The molecule has 1 amide bonds. The van der Waals surface area contributed by atoms with E-state index in [0.717, 1.165) is 7.11 Å². The summed E-state index contributed by atoms with van der Waals surface area (Å²) in [6.45, 7) is -0.913. The fourth-order valence-corrected chi connectivity index (χ4v) is 2.42. The maximum absolute atomic E-state index is 14.6. The molecule has 2 heterocycles. The highest BCUT2D eigenvalue weighted by atomic mass is 19.2. The highest BCUT2D eigenvalue weighted by molar-refractivity contribution is 5.79. The van der Waals surface area contributed by atoms with Crippen molar-refractivity contribution < 1.29 is 47.9 Å². The number of hydrogen-bond acceptors (Lipinski definition) is 8. The van der Waals surface area contributed by atoms with E-state index in [1.54, 1.807) is 0 Å². The number of amides is 1. The van der Waals surface area contributed by atoms with Gasteiger partial charge in [-0.05, 0) is 0 Å². The summed E-state index contributed by atoms with van der Waals surface area (Å²) >= 11 is 0. The summed E-state index contributed by atoms with van der Waals surface area (Å²) in [5.74, 6) is -5.36. The number of ether oxygens (including phenoxy) is 3. The van der Waals surface area contributed by atoms with Crippen molar-refractivity contribution in [2.75, 3.05) is 13.7 Å². The first kappa shape index (κ1) is 16.8. The van der Waals surface area contributed by atoms with Crippen molar-refractivity contribution in [3.63, 3.8) is 0 Å². The number of methoxy groups -OCH3 is 1. The number of aliphatic hydroxyl groups is 3. The van der Waals surface area contributed by atoms with E-state index in [1.165, 1.54) is 0 Å². The average molecular weight is 327 g/mol. The summed E-state index contributed by atoms with van der Waals surface area (Å²) in [6.07, 6.45) is -11.1. The van der Waals surface area contributed by atoms with E-state index in [1.807, 2.05) is 0 Å². The molecule has 2 aliphatic heterocycles. The number of carbonyl (C=O) groups excluding carboxylic acids is 2. The second kappa shape index (κ2) is 5.91. The van der Waals surface area contributed by atoms with Crippen molar-refractivity contribution in [3.8, 4) is 0 Å². The Bertz CT molecular complexity index is 465. The molecule has 0 spiro atoms. The Morgan fingerprint density at radius 3 is 2.73 bits per heavy atom. The van der Waals surface area contributed by atoms with Crippen LogP contribution in [-0.4, -0.2) is 83.6 Å². The summed E-state index contributed by atoms with van der Waals surface area (Å²) in [7, 11) is 0.790. The molecule has 2 saturated heterocycles. The number of alkyl halides is 2. The van der Waals surface area contributed by atoms with Gasteiger partial charge < -0.3 is 34.8 Å². The molecule has 4 N–H and O–H groups in total. The van der Waals surface area contributed by atoms with Crippen molar-refractivity contribution in [2.24, 2.45) is 0 Å². The maximum Gasteiger partial charge on any atom is 0.408 e. The van der Waals surface area contributed by atoms with Crippen molar-refractivity contribution in [3.05, 3.63) is 0 Å². The van der Waals surface area contributed by atoms with E-state index in [2.05, 4.69) is 19.5 Å². The van der Waals surface area contributed by atoms with Crippen LogP contribution < -0.4 is 5.32 Å². The third kappa shape index (κ3) is 2.49. The minimum Gasteiger partial charge on any atom is -0.465 e. The van der Waals surface area contributed by atoms with E-state index in [9.17, 15) is 28.6 Å². The summed E-state index contributed by atoms with van der Waals surface area (Å²) < 4.78 is 42.1. The molecule has 7 atom stereocenters. The van der Waals surface area contributed by atoms with Gasteiger partial charge in [-0.25, -0.2) is 14.0 Å². The van der Waals surface area contributed by atoms with Crippen LogP contribution in [0, 0.1) is 0 Å². The molecule has 2 fully saturated rings. The molecule has 0 aliphatic carbocycles. The second-order valence-electron chi connectivity index (χ2n) is 4.90. The van der Waals surface area contributed by atoms with Crippen LogP contribution in [0.15, 0.2) is 0 Å². The Labute approximate surface area is 122 Å². The Balaban J connectivity index is 2.36. The number of carbonyl (C=O) groups is 2. The number of fused-ring (bicyclic) bond motifs is 1. The lowest BCUT2D eigenvalue weighted by Gasteiger charge is -2.43. The summed E-state index contributed by atoms with van der Waals surface area (Å²) in [4.78, 5) is 22.7. The molecule has 0 radical (unpaired) electrons. The fraction of sp³-hybridized carbons (Fsp3) is 0.818. The van der Waals surface area contributed by atoms with Gasteiger partial charge in [-0.2, -0.15) is 4.39 Å². The second-order valence-corrected chi connectivity index (χ2v) is 4.90. The van der Waals surface area contributed by atoms with Gasteiger partial charge in [0.05, 0.1) is 13.7 Å². The Hall–Kier alpha value is -1.56. The SMILES string of the molecule is COC(=O)C1(F)OC([C@H](O)[C@H](O)CO)C2NC(=O)OC2C1F. The van der Waals surface area contributed by atoms with Gasteiger partial charge in [0.25, 0.3) is 0 Å². The number of alkyl carbamates (subject to hydrolysis) is 1. The smallest absolute Gasteiger partial charge is 0.408 e. The largest absolute Gasteiger partial charge is 0.465 e. The predicted octanol–water partition coefficient (Wildman–Crippen LogP) is -2.25. The van der Waals surface area contributed by atoms with Gasteiger partial charge in [0.1, 0.15) is 24.4 Å². The number of halogens is 2. The number of hydrogen-bond donors (Lipinski definition) is 4. The molecule has 9 nitrogen and oxygen atoms in total. The van der Waals surface area contributed by atoms with E-state index >= 15 is 0 Å². The lowest BCUT2D eigenvalue weighted by Crippen LogP contribution is -2.68. The molecule has 11 heteroatoms. The molecule has 0 bridgehead atoms. The lowest BCUT2D eigenvalue weighted by molar-refractivity contribution is -0.287. The first-order valence-corrected chi connectivity index (χ1v) is 6.29. The van der Waals surface area contributed by atoms with Gasteiger partial charge in [0.2, 0.25) is 6.17 Å². The number of esters is 1. The Morgan fingerprint density at radius 2 is 2.18 bits per heavy atom. The molecule has 2 aliphatic rings. The van der Waals surface area contributed by atoms with Crippen LogP contribution >= 0.6 is 0 Å². The fourth-order valence-electron chi connectivity index (χ4n) is 2.42. The van der Waals surface area contributed by atoms with Crippen LogP contribution in [-0.2, 0) is 19.0 Å². The standard InChI is InChI=1S/C11H15F2NO8/c1-20-9(18)11(13)8(12)7-4(14-10(19)21-7)6(22-11)5(17)3(16)2-15/h3-8,15-17H,2H2,1H3,(H,14,19)/t3-,4?,5-,6?,7?,8?,11?/m1/s1. The summed E-state index contributed by atoms with van der Waals surface area (Å²) in [5, 5.41) is 30.2. The Kier molecular flexibility index (Phi) is 4.52. The minimum atomic E-state index is -3.64. The van der Waals surface area contributed by atoms with Gasteiger partial charge >= 0.3 is 17.9 Å². The number of rotatable bonds is 4. The van der Waals surface area contributed by atoms with E-state index in [0.29, 0.717) is 0 Å². The monoisotopic (exact) mass is 327 g/mol. The Morgan fingerprint density at radius 1 is 1.55 bits per heavy atom. The van der Waals surface area contributed by atoms with Crippen LogP contribution in [0.1, 0.15) is 0 Å². The third-order valence-electron chi connectivity index (χ3n) is 3.57. The zero-order chi connectivity index (χ0) is 16.7. The molecular formula is C11H15F2NO8.